The van der Waals surface area contributed by atoms with E-state index < -0.39 is 5.60 Å². The fraction of sp³-hybridized carbons (Fsp3) is 0.852. The molecule has 29 heavy (non-hydrogen) atoms. The lowest BCUT2D eigenvalue weighted by Crippen LogP contribution is -2.46. The standard InChI is InChI=1S/C27H44O2/c1-18(7-6-14-25(2,3)29)22-10-11-23-21-9-8-19-17-20(28)12-15-26(19,4)24(21)13-16-27(22,23)5/h8-9,18,20,22-24,28-29H,6-7,10-17H2,1-5H3/t18?,20-,22+,23-,24-,26-,27+/m0/s1. The molecule has 0 aromatic heterocycles. The number of hydrogen-bond donors (Lipinski definition) is 2. The minimum Gasteiger partial charge on any atom is -0.393 e. The lowest BCUT2D eigenvalue weighted by Gasteiger charge is -2.55. The Morgan fingerprint density at radius 3 is 2.55 bits per heavy atom. The fourth-order valence-corrected chi connectivity index (χ4v) is 8.02. The second-order valence-electron chi connectivity index (χ2n) is 12.2. The summed E-state index contributed by atoms with van der Waals surface area (Å²) < 4.78 is 0. The van der Waals surface area contributed by atoms with E-state index in [9.17, 15) is 10.2 Å². The first-order chi connectivity index (χ1) is 13.5. The summed E-state index contributed by atoms with van der Waals surface area (Å²) in [5.74, 6) is 3.03. The van der Waals surface area contributed by atoms with Gasteiger partial charge < -0.3 is 10.2 Å². The Kier molecular flexibility index (Phi) is 5.61. The highest BCUT2D eigenvalue weighted by atomic mass is 16.3. The summed E-state index contributed by atoms with van der Waals surface area (Å²) in [6, 6.07) is 0. The maximum atomic E-state index is 10.2. The molecule has 0 aromatic carbocycles. The van der Waals surface area contributed by atoms with Crippen molar-refractivity contribution in [2.24, 2.45) is 34.5 Å². The molecule has 2 N–H and O–H groups in total. The molecule has 0 bridgehead atoms. The lowest BCUT2D eigenvalue weighted by atomic mass is 9.50. The number of aliphatic hydroxyl groups is 2. The SMILES string of the molecule is CC(CCCC(C)(C)O)[C@H]1CC[C@H]2C3=CC=C4C[C@@H](O)CC[C@]4(C)[C@H]3CC[C@]12C. The number of rotatable bonds is 5. The van der Waals surface area contributed by atoms with Crippen LogP contribution in [0.15, 0.2) is 23.3 Å². The maximum Gasteiger partial charge on any atom is 0.0591 e. The molecule has 1 unspecified atom stereocenters. The second-order valence-corrected chi connectivity index (χ2v) is 12.2. The van der Waals surface area contributed by atoms with Crippen molar-refractivity contribution in [1.29, 1.82) is 0 Å². The molecule has 0 heterocycles. The summed E-state index contributed by atoms with van der Waals surface area (Å²) in [6.45, 7) is 11.5. The quantitative estimate of drug-likeness (QED) is 0.559. The predicted octanol–water partition coefficient (Wildman–Crippen LogP) is 6.42. The Hall–Kier alpha value is -0.600. The van der Waals surface area contributed by atoms with E-state index in [1.807, 2.05) is 13.8 Å². The molecule has 0 aliphatic heterocycles. The average molecular weight is 401 g/mol. The molecule has 2 heteroatoms. The van der Waals surface area contributed by atoms with E-state index >= 15 is 0 Å². The molecular weight excluding hydrogens is 356 g/mol. The highest BCUT2D eigenvalue weighted by Gasteiger charge is 2.56. The Morgan fingerprint density at radius 1 is 1.07 bits per heavy atom. The van der Waals surface area contributed by atoms with E-state index in [2.05, 4.69) is 32.9 Å². The Balaban J connectivity index is 1.51. The molecule has 4 rings (SSSR count). The van der Waals surface area contributed by atoms with Gasteiger partial charge in [0.25, 0.3) is 0 Å². The largest absolute Gasteiger partial charge is 0.393 e. The Labute approximate surface area is 178 Å². The first-order valence-electron chi connectivity index (χ1n) is 12.4. The van der Waals surface area contributed by atoms with Crippen LogP contribution in [0.1, 0.15) is 98.8 Å². The van der Waals surface area contributed by atoms with Crippen LogP contribution in [0.3, 0.4) is 0 Å². The highest BCUT2D eigenvalue weighted by Crippen LogP contribution is 2.66. The van der Waals surface area contributed by atoms with E-state index in [4.69, 9.17) is 0 Å². The third kappa shape index (κ3) is 3.78. The minimum absolute atomic E-state index is 0.126. The van der Waals surface area contributed by atoms with Gasteiger partial charge in [-0.3, -0.25) is 0 Å². The van der Waals surface area contributed by atoms with Crippen molar-refractivity contribution < 1.29 is 10.2 Å². The molecule has 0 spiro atoms. The normalized spacial score (nSPS) is 43.0. The topological polar surface area (TPSA) is 40.5 Å². The first kappa shape index (κ1) is 21.6. The zero-order chi connectivity index (χ0) is 21.0. The summed E-state index contributed by atoms with van der Waals surface area (Å²) in [7, 11) is 0. The monoisotopic (exact) mass is 400 g/mol. The van der Waals surface area contributed by atoms with Gasteiger partial charge in [-0.2, -0.15) is 0 Å². The molecule has 3 fully saturated rings. The van der Waals surface area contributed by atoms with Crippen molar-refractivity contribution in [2.75, 3.05) is 0 Å². The number of fused-ring (bicyclic) bond motifs is 5. The van der Waals surface area contributed by atoms with E-state index in [-0.39, 0.29) is 6.10 Å². The minimum atomic E-state index is -0.528. The average Bonchev–Trinajstić information content (AvgIpc) is 2.98. The van der Waals surface area contributed by atoms with Gasteiger partial charge in [-0.1, -0.05) is 56.9 Å². The zero-order valence-corrected chi connectivity index (χ0v) is 19.5. The van der Waals surface area contributed by atoms with Gasteiger partial charge in [0.2, 0.25) is 0 Å². The second kappa shape index (κ2) is 7.52. The van der Waals surface area contributed by atoms with Gasteiger partial charge in [0, 0.05) is 0 Å². The van der Waals surface area contributed by atoms with Crippen molar-refractivity contribution in [2.45, 2.75) is 111 Å². The lowest BCUT2D eigenvalue weighted by molar-refractivity contribution is 0.0298. The first-order valence-corrected chi connectivity index (χ1v) is 12.4. The van der Waals surface area contributed by atoms with Crippen LogP contribution in [0, 0.1) is 34.5 Å². The molecule has 4 aliphatic rings. The summed E-state index contributed by atoms with van der Waals surface area (Å²) in [4.78, 5) is 0. The molecule has 0 aromatic rings. The van der Waals surface area contributed by atoms with E-state index in [0.717, 1.165) is 49.9 Å². The highest BCUT2D eigenvalue weighted by molar-refractivity contribution is 5.38. The van der Waals surface area contributed by atoms with Crippen molar-refractivity contribution in [3.05, 3.63) is 23.3 Å². The van der Waals surface area contributed by atoms with Crippen molar-refractivity contribution in [1.82, 2.24) is 0 Å². The summed E-state index contributed by atoms with van der Waals surface area (Å²) >= 11 is 0. The molecule has 3 saturated carbocycles. The number of allylic oxidation sites excluding steroid dienone is 3. The number of hydrogen-bond acceptors (Lipinski definition) is 2. The van der Waals surface area contributed by atoms with Crippen LogP contribution in [0.25, 0.3) is 0 Å². The Morgan fingerprint density at radius 2 is 1.83 bits per heavy atom. The van der Waals surface area contributed by atoms with Crippen LogP contribution in [0.4, 0.5) is 0 Å². The molecule has 0 amide bonds. The molecule has 0 saturated heterocycles. The third-order valence-electron chi connectivity index (χ3n) is 9.75. The molecule has 164 valence electrons. The van der Waals surface area contributed by atoms with Gasteiger partial charge in [-0.25, -0.2) is 0 Å². The van der Waals surface area contributed by atoms with E-state index in [0.29, 0.717) is 16.7 Å². The van der Waals surface area contributed by atoms with Gasteiger partial charge in [-0.15, -0.1) is 0 Å². The molecular formula is C27H44O2. The molecule has 2 nitrogen and oxygen atoms in total. The third-order valence-corrected chi connectivity index (χ3v) is 9.75. The van der Waals surface area contributed by atoms with Gasteiger partial charge in [0.15, 0.2) is 0 Å². The van der Waals surface area contributed by atoms with Crippen LogP contribution in [0.2, 0.25) is 0 Å². The van der Waals surface area contributed by atoms with Gasteiger partial charge >= 0.3 is 0 Å². The molecule has 7 atom stereocenters. The van der Waals surface area contributed by atoms with Gasteiger partial charge in [0.05, 0.1) is 11.7 Å². The predicted molar refractivity (Wildman–Crippen MR) is 120 cm³/mol. The van der Waals surface area contributed by atoms with Gasteiger partial charge in [0.1, 0.15) is 0 Å². The van der Waals surface area contributed by atoms with E-state index in [1.54, 1.807) is 5.57 Å². The van der Waals surface area contributed by atoms with Crippen LogP contribution in [-0.2, 0) is 0 Å². The number of aliphatic hydroxyl groups excluding tert-OH is 1. The van der Waals surface area contributed by atoms with Crippen molar-refractivity contribution >= 4 is 0 Å². The van der Waals surface area contributed by atoms with E-state index in [1.165, 1.54) is 37.7 Å². The smallest absolute Gasteiger partial charge is 0.0591 e. The van der Waals surface area contributed by atoms with Crippen molar-refractivity contribution in [3.63, 3.8) is 0 Å². The maximum absolute atomic E-state index is 10.2. The van der Waals surface area contributed by atoms with Gasteiger partial charge in [-0.05, 0) is 99.7 Å². The zero-order valence-electron chi connectivity index (χ0n) is 19.5. The van der Waals surface area contributed by atoms with Crippen LogP contribution in [0.5, 0.6) is 0 Å². The Bertz CT molecular complexity index is 683. The van der Waals surface area contributed by atoms with Crippen LogP contribution < -0.4 is 0 Å². The molecule has 0 radical (unpaired) electrons. The fourth-order valence-electron chi connectivity index (χ4n) is 8.02. The summed E-state index contributed by atoms with van der Waals surface area (Å²) in [6.07, 6.45) is 16.5. The van der Waals surface area contributed by atoms with Crippen molar-refractivity contribution in [3.8, 4) is 0 Å². The molecule has 4 aliphatic carbocycles. The van der Waals surface area contributed by atoms with Crippen LogP contribution >= 0.6 is 0 Å². The summed E-state index contributed by atoms with van der Waals surface area (Å²) in [5.41, 5.74) is 3.49. The summed E-state index contributed by atoms with van der Waals surface area (Å²) in [5, 5.41) is 20.3. The van der Waals surface area contributed by atoms with Crippen LogP contribution in [-0.4, -0.2) is 21.9 Å².